The van der Waals surface area contributed by atoms with Crippen molar-refractivity contribution < 1.29 is 54.5 Å². The smallest absolute Gasteiger partial charge is 0.870 e. The van der Waals surface area contributed by atoms with Crippen molar-refractivity contribution in [3.05, 3.63) is 69.4 Å². The van der Waals surface area contributed by atoms with Gasteiger partial charge >= 0.3 is 41.5 Å². The largest absolute Gasteiger partial charge is 1.00 e. The molecule has 2 aliphatic carbocycles. The second-order valence-corrected chi connectivity index (χ2v) is 10.3. The van der Waals surface area contributed by atoms with Crippen molar-refractivity contribution in [3.63, 3.8) is 0 Å². The molecule has 8 heteroatoms. The van der Waals surface area contributed by atoms with Gasteiger partial charge in [0.25, 0.3) is 0 Å². The third-order valence-electron chi connectivity index (χ3n) is 5.78. The Labute approximate surface area is 222 Å². The minimum absolute atomic E-state index is 0. The topological polar surface area (TPSA) is 93.6 Å². The molecule has 33 heavy (non-hydrogen) atoms. The first-order valence-electron chi connectivity index (χ1n) is 10.4. The van der Waals surface area contributed by atoms with Gasteiger partial charge in [-0.2, -0.15) is 0 Å². The summed E-state index contributed by atoms with van der Waals surface area (Å²) in [5, 5.41) is 11.1. The first-order chi connectivity index (χ1) is 15.0. The third-order valence-corrected chi connectivity index (χ3v) is 7.95. The minimum Gasteiger partial charge on any atom is -0.870 e. The summed E-state index contributed by atoms with van der Waals surface area (Å²) in [4.78, 5) is 23.3. The summed E-state index contributed by atoms with van der Waals surface area (Å²) in [6.45, 7) is 0. The van der Waals surface area contributed by atoms with E-state index < -0.39 is 5.97 Å². The van der Waals surface area contributed by atoms with Crippen molar-refractivity contribution in [3.8, 4) is 0 Å². The van der Waals surface area contributed by atoms with E-state index in [9.17, 15) is 9.59 Å². The fraction of sp³-hybridized carbons (Fsp3) is 0.280. The first-order valence-corrected chi connectivity index (χ1v) is 12.0. The molecule has 4 aromatic rings. The van der Waals surface area contributed by atoms with E-state index in [0.29, 0.717) is 9.75 Å². The Balaban J connectivity index is 0.000000175. The van der Waals surface area contributed by atoms with Crippen molar-refractivity contribution in [1.29, 1.82) is 0 Å². The number of hydrogen-bond acceptors (Lipinski definition) is 6. The van der Waals surface area contributed by atoms with E-state index in [-0.39, 0.29) is 41.0 Å². The SMILES string of the molecule is COC(=O)c1cc2ccc(C3CC3)cc2s1.O=C(O)c1cc2ccc(C3CC3)cc2s1.[Na+].[OH-]. The van der Waals surface area contributed by atoms with Gasteiger partial charge in [0.05, 0.1) is 7.11 Å². The number of esters is 1. The van der Waals surface area contributed by atoms with Crippen molar-refractivity contribution in [2.24, 2.45) is 0 Å². The monoisotopic (exact) mass is 490 g/mol. The molecule has 2 fully saturated rings. The van der Waals surface area contributed by atoms with Crippen LogP contribution in [0.25, 0.3) is 20.2 Å². The maximum absolute atomic E-state index is 11.4. The number of methoxy groups -OCH3 is 1. The molecular weight excluding hydrogens is 467 g/mol. The summed E-state index contributed by atoms with van der Waals surface area (Å²) in [7, 11) is 1.42. The molecule has 0 amide bonds. The van der Waals surface area contributed by atoms with Crippen LogP contribution in [0.1, 0.15) is 68.0 Å². The van der Waals surface area contributed by atoms with Gasteiger partial charge in [-0.3, -0.25) is 0 Å². The number of aromatic carboxylic acids is 1. The number of carboxylic acid groups (broad SMARTS) is 1. The Morgan fingerprint density at radius 1 is 0.818 bits per heavy atom. The van der Waals surface area contributed by atoms with Gasteiger partial charge in [-0.15, -0.1) is 22.7 Å². The van der Waals surface area contributed by atoms with E-state index >= 15 is 0 Å². The van der Waals surface area contributed by atoms with E-state index in [1.807, 2.05) is 12.1 Å². The van der Waals surface area contributed by atoms with E-state index in [2.05, 4.69) is 30.3 Å². The second-order valence-electron chi connectivity index (χ2n) is 8.16. The summed E-state index contributed by atoms with van der Waals surface area (Å²) in [5.41, 5.74) is 2.77. The molecule has 6 rings (SSSR count). The molecule has 2 heterocycles. The van der Waals surface area contributed by atoms with Gasteiger partial charge in [0.2, 0.25) is 0 Å². The molecule has 2 aromatic heterocycles. The quantitative estimate of drug-likeness (QED) is 0.346. The maximum atomic E-state index is 11.4. The number of hydrogen-bond donors (Lipinski definition) is 1. The van der Waals surface area contributed by atoms with Crippen LogP contribution in [0.4, 0.5) is 0 Å². The molecule has 2 N–H and O–H groups in total. The Morgan fingerprint density at radius 2 is 1.27 bits per heavy atom. The van der Waals surface area contributed by atoms with Crippen LogP contribution >= 0.6 is 22.7 Å². The van der Waals surface area contributed by atoms with Crippen LogP contribution in [-0.2, 0) is 4.74 Å². The number of carbonyl (C=O) groups excluding carboxylic acids is 1. The number of ether oxygens (including phenoxy) is 1. The number of benzene rings is 2. The maximum Gasteiger partial charge on any atom is 1.00 e. The van der Waals surface area contributed by atoms with Crippen LogP contribution in [0.2, 0.25) is 0 Å². The first kappa shape index (κ1) is 25.9. The molecule has 0 atom stereocenters. The predicted octanol–water partition coefficient (Wildman–Crippen LogP) is 3.87. The average Bonchev–Trinajstić information content (AvgIpc) is 3.71. The third kappa shape index (κ3) is 5.85. The molecule has 0 saturated heterocycles. The Kier molecular flexibility index (Phi) is 8.37. The molecule has 0 spiro atoms. The molecule has 0 bridgehead atoms. The number of rotatable bonds is 4. The van der Waals surface area contributed by atoms with Crippen LogP contribution in [0, 0.1) is 0 Å². The van der Waals surface area contributed by atoms with Crippen molar-refractivity contribution in [2.45, 2.75) is 37.5 Å². The molecule has 166 valence electrons. The molecule has 0 unspecified atom stereocenters. The van der Waals surface area contributed by atoms with Crippen molar-refractivity contribution >= 4 is 54.8 Å². The normalized spacial score (nSPS) is 14.6. The summed E-state index contributed by atoms with van der Waals surface area (Å²) >= 11 is 2.88. The summed E-state index contributed by atoms with van der Waals surface area (Å²) in [5.74, 6) is 0.413. The fourth-order valence-corrected chi connectivity index (χ4v) is 5.72. The second kappa shape index (κ2) is 10.7. The zero-order valence-corrected chi connectivity index (χ0v) is 22.2. The number of fused-ring (bicyclic) bond motifs is 2. The standard InChI is InChI=1S/C13H12O2S.C12H10O2S.Na.H2O/c1-15-13(14)12-7-10-5-4-9(8-2-3-8)6-11(10)16-12;13-12(14)11-6-9-4-3-8(7-1-2-7)5-10(9)15-11;;/h4-8H,2-3H2,1H3;3-7H,1-2H2,(H,13,14);;1H2/q;;+1;/p-1. The van der Waals surface area contributed by atoms with Crippen LogP contribution in [0.3, 0.4) is 0 Å². The van der Waals surface area contributed by atoms with Gasteiger partial charge < -0.3 is 15.3 Å². The van der Waals surface area contributed by atoms with Gasteiger partial charge in [-0.1, -0.05) is 24.3 Å². The molecule has 0 radical (unpaired) electrons. The Hall–Kier alpha value is -1.74. The molecule has 5 nitrogen and oxygen atoms in total. The van der Waals surface area contributed by atoms with Crippen LogP contribution < -0.4 is 29.6 Å². The number of carboxylic acids is 1. The van der Waals surface area contributed by atoms with Crippen molar-refractivity contribution in [1.82, 2.24) is 0 Å². The van der Waals surface area contributed by atoms with Gasteiger partial charge in [0, 0.05) is 9.40 Å². The van der Waals surface area contributed by atoms with Gasteiger partial charge in [0.15, 0.2) is 0 Å². The summed E-state index contributed by atoms with van der Waals surface area (Å²) in [6, 6.07) is 16.4. The van der Waals surface area contributed by atoms with E-state index in [1.165, 1.54) is 71.3 Å². The predicted molar refractivity (Wildman–Crippen MR) is 128 cm³/mol. The summed E-state index contributed by atoms with van der Waals surface area (Å²) in [6.07, 6.45) is 5.17. The number of thiophene rings is 2. The van der Waals surface area contributed by atoms with E-state index in [1.54, 1.807) is 6.07 Å². The van der Waals surface area contributed by atoms with Gasteiger partial charge in [-0.25, -0.2) is 9.59 Å². The minimum atomic E-state index is -0.829. The Morgan fingerprint density at radius 3 is 1.70 bits per heavy atom. The molecular formula is C25H23NaO5S2. The molecule has 2 aromatic carbocycles. The zero-order valence-electron chi connectivity index (χ0n) is 18.5. The zero-order chi connectivity index (χ0) is 21.5. The van der Waals surface area contributed by atoms with Crippen molar-refractivity contribution in [2.75, 3.05) is 7.11 Å². The summed E-state index contributed by atoms with van der Waals surface area (Å²) < 4.78 is 7.01. The van der Waals surface area contributed by atoms with E-state index in [0.717, 1.165) is 27.3 Å². The van der Waals surface area contributed by atoms with E-state index in [4.69, 9.17) is 9.84 Å². The average molecular weight is 491 g/mol. The van der Waals surface area contributed by atoms with Gasteiger partial charge in [0.1, 0.15) is 9.75 Å². The number of carbonyl (C=O) groups is 2. The molecule has 2 saturated carbocycles. The molecule has 0 aliphatic heterocycles. The van der Waals surface area contributed by atoms with Crippen LogP contribution in [0.5, 0.6) is 0 Å². The Bertz CT molecular complexity index is 1300. The molecule has 2 aliphatic rings. The van der Waals surface area contributed by atoms with Crippen LogP contribution in [0.15, 0.2) is 48.5 Å². The fourth-order valence-electron chi connectivity index (χ4n) is 3.74. The van der Waals surface area contributed by atoms with Gasteiger partial charge in [-0.05, 0) is 83.7 Å². The van der Waals surface area contributed by atoms with Crippen LogP contribution in [-0.4, -0.2) is 29.6 Å².